The summed E-state index contributed by atoms with van der Waals surface area (Å²) in [5.41, 5.74) is 2.93. The number of rotatable bonds is 4. The van der Waals surface area contributed by atoms with Gasteiger partial charge in [0.05, 0.1) is 12.7 Å². The molecule has 6 nitrogen and oxygen atoms in total. The van der Waals surface area contributed by atoms with Gasteiger partial charge in [0, 0.05) is 0 Å². The Morgan fingerprint density at radius 3 is 2.65 bits per heavy atom. The molecule has 88 valence electrons. The van der Waals surface area contributed by atoms with Gasteiger partial charge in [-0.25, -0.2) is 10.3 Å². The Bertz CT molecular complexity index is 425. The van der Waals surface area contributed by atoms with Gasteiger partial charge in [0.2, 0.25) is 5.91 Å². The standard InChI is InChI=1S/C11H11N3O3/c12-7-6-10(15)13-11(16)14-17-8-9-4-2-1-3-5-9/h1-5H,6,8H2,(H2,13,14,15,16). The zero-order valence-corrected chi connectivity index (χ0v) is 8.97. The van der Waals surface area contributed by atoms with Gasteiger partial charge >= 0.3 is 6.03 Å². The van der Waals surface area contributed by atoms with Gasteiger partial charge in [0.15, 0.2) is 0 Å². The van der Waals surface area contributed by atoms with Gasteiger partial charge in [-0.2, -0.15) is 5.26 Å². The molecule has 0 aromatic heterocycles. The van der Waals surface area contributed by atoms with Crippen LogP contribution in [0.25, 0.3) is 0 Å². The molecular formula is C11H11N3O3. The predicted octanol–water partition coefficient (Wildman–Crippen LogP) is 0.858. The normalized spacial score (nSPS) is 9.12. The summed E-state index contributed by atoms with van der Waals surface area (Å²) in [6.07, 6.45) is -0.369. The molecule has 0 spiro atoms. The minimum Gasteiger partial charge on any atom is -0.275 e. The minimum atomic E-state index is -0.791. The number of nitrogens with one attached hydrogen (secondary N) is 2. The zero-order valence-electron chi connectivity index (χ0n) is 8.97. The van der Waals surface area contributed by atoms with Crippen molar-refractivity contribution < 1.29 is 14.4 Å². The summed E-state index contributed by atoms with van der Waals surface area (Å²) in [4.78, 5) is 26.7. The number of imide groups is 1. The lowest BCUT2D eigenvalue weighted by atomic mass is 10.2. The van der Waals surface area contributed by atoms with E-state index in [4.69, 9.17) is 10.1 Å². The first kappa shape index (κ1) is 12.7. The number of amides is 3. The van der Waals surface area contributed by atoms with Crippen LogP contribution in [0.1, 0.15) is 12.0 Å². The van der Waals surface area contributed by atoms with Crippen LogP contribution in [0.3, 0.4) is 0 Å². The van der Waals surface area contributed by atoms with Crippen LogP contribution in [0.5, 0.6) is 0 Å². The maximum Gasteiger partial charge on any atom is 0.345 e. The quantitative estimate of drug-likeness (QED) is 0.754. The summed E-state index contributed by atoms with van der Waals surface area (Å²) in [6.45, 7) is 0.195. The molecule has 1 rings (SSSR count). The average molecular weight is 233 g/mol. The van der Waals surface area contributed by atoms with Crippen LogP contribution < -0.4 is 10.8 Å². The molecule has 0 saturated carbocycles. The summed E-state index contributed by atoms with van der Waals surface area (Å²) in [5.74, 6) is -0.673. The second-order valence-corrected chi connectivity index (χ2v) is 3.09. The fourth-order valence-electron chi connectivity index (χ4n) is 1.03. The van der Waals surface area contributed by atoms with Crippen LogP contribution in [-0.2, 0) is 16.2 Å². The highest BCUT2D eigenvalue weighted by molar-refractivity contribution is 5.94. The van der Waals surface area contributed by atoms with Crippen molar-refractivity contribution in [2.75, 3.05) is 0 Å². The maximum atomic E-state index is 11.0. The van der Waals surface area contributed by atoms with Gasteiger partial charge < -0.3 is 0 Å². The minimum absolute atomic E-state index is 0.195. The SMILES string of the molecule is N#CCC(=O)NC(=O)NOCc1ccccc1. The molecule has 0 aliphatic heterocycles. The lowest BCUT2D eigenvalue weighted by Gasteiger charge is -2.05. The Balaban J connectivity index is 2.21. The molecule has 0 heterocycles. The number of hydrogen-bond donors (Lipinski definition) is 2. The Labute approximate surface area is 98.1 Å². The second kappa shape index (κ2) is 6.98. The molecule has 0 saturated heterocycles. The maximum absolute atomic E-state index is 11.0. The number of urea groups is 1. The van der Waals surface area contributed by atoms with Crippen molar-refractivity contribution in [2.24, 2.45) is 0 Å². The fraction of sp³-hybridized carbons (Fsp3) is 0.182. The lowest BCUT2D eigenvalue weighted by Crippen LogP contribution is -2.39. The van der Waals surface area contributed by atoms with Crippen LogP contribution in [0, 0.1) is 11.3 Å². The van der Waals surface area contributed by atoms with Crippen molar-refractivity contribution in [3.05, 3.63) is 35.9 Å². The Morgan fingerprint density at radius 2 is 2.00 bits per heavy atom. The van der Waals surface area contributed by atoms with E-state index in [0.29, 0.717) is 0 Å². The summed E-state index contributed by atoms with van der Waals surface area (Å²) in [5, 5.41) is 10.1. The van der Waals surface area contributed by atoms with Crippen molar-refractivity contribution in [3.8, 4) is 6.07 Å². The highest BCUT2D eigenvalue weighted by atomic mass is 16.7. The highest BCUT2D eigenvalue weighted by Gasteiger charge is 2.06. The van der Waals surface area contributed by atoms with Crippen LogP contribution in [0.15, 0.2) is 30.3 Å². The van der Waals surface area contributed by atoms with Crippen molar-refractivity contribution in [1.29, 1.82) is 5.26 Å². The highest BCUT2D eigenvalue weighted by Crippen LogP contribution is 1.98. The number of hydrogen-bond acceptors (Lipinski definition) is 4. The summed E-state index contributed by atoms with van der Waals surface area (Å²) in [7, 11) is 0. The van der Waals surface area contributed by atoms with E-state index >= 15 is 0 Å². The monoisotopic (exact) mass is 233 g/mol. The molecule has 6 heteroatoms. The molecule has 0 radical (unpaired) electrons. The van der Waals surface area contributed by atoms with E-state index in [1.165, 1.54) is 0 Å². The molecule has 17 heavy (non-hydrogen) atoms. The van der Waals surface area contributed by atoms with Gasteiger partial charge in [0.25, 0.3) is 0 Å². The van der Waals surface area contributed by atoms with E-state index in [1.807, 2.05) is 41.1 Å². The molecule has 2 N–H and O–H groups in total. The Morgan fingerprint density at radius 1 is 1.29 bits per heavy atom. The lowest BCUT2D eigenvalue weighted by molar-refractivity contribution is -0.119. The number of nitriles is 1. The number of carbonyl (C=O) groups is 2. The predicted molar refractivity (Wildman–Crippen MR) is 58.1 cm³/mol. The fourth-order valence-corrected chi connectivity index (χ4v) is 1.03. The van der Waals surface area contributed by atoms with E-state index < -0.39 is 11.9 Å². The third kappa shape index (κ3) is 5.30. The molecule has 0 aliphatic carbocycles. The van der Waals surface area contributed by atoms with Crippen LogP contribution in [0.4, 0.5) is 4.79 Å². The smallest absolute Gasteiger partial charge is 0.275 e. The third-order valence-corrected chi connectivity index (χ3v) is 1.74. The molecule has 0 atom stereocenters. The summed E-state index contributed by atoms with van der Waals surface area (Å²) < 4.78 is 0. The average Bonchev–Trinajstić information content (AvgIpc) is 2.30. The molecule has 1 aromatic carbocycles. The number of nitrogens with zero attached hydrogens (tertiary/aromatic N) is 1. The van der Waals surface area contributed by atoms with E-state index in [9.17, 15) is 9.59 Å². The van der Waals surface area contributed by atoms with Crippen LogP contribution in [0.2, 0.25) is 0 Å². The van der Waals surface area contributed by atoms with Gasteiger partial charge in [0.1, 0.15) is 6.42 Å². The van der Waals surface area contributed by atoms with Crippen molar-refractivity contribution in [2.45, 2.75) is 13.0 Å². The van der Waals surface area contributed by atoms with Crippen LogP contribution >= 0.6 is 0 Å². The van der Waals surface area contributed by atoms with Gasteiger partial charge in [-0.1, -0.05) is 30.3 Å². The zero-order chi connectivity index (χ0) is 12.5. The van der Waals surface area contributed by atoms with Gasteiger partial charge in [-0.05, 0) is 5.56 Å². The number of carbonyl (C=O) groups excluding carboxylic acids is 2. The molecule has 0 unspecified atom stereocenters. The molecular weight excluding hydrogens is 222 g/mol. The summed E-state index contributed by atoms with van der Waals surface area (Å²) >= 11 is 0. The van der Waals surface area contributed by atoms with Crippen LogP contribution in [-0.4, -0.2) is 11.9 Å². The first-order valence-electron chi connectivity index (χ1n) is 4.85. The van der Waals surface area contributed by atoms with E-state index in [-0.39, 0.29) is 13.0 Å². The molecule has 0 fully saturated rings. The summed E-state index contributed by atoms with van der Waals surface area (Å²) in [6, 6.07) is 10.0. The first-order valence-corrected chi connectivity index (χ1v) is 4.85. The van der Waals surface area contributed by atoms with Crippen molar-refractivity contribution >= 4 is 11.9 Å². The molecule has 0 bridgehead atoms. The number of hydroxylamine groups is 1. The topological polar surface area (TPSA) is 91.2 Å². The number of benzene rings is 1. The third-order valence-electron chi connectivity index (χ3n) is 1.74. The Hall–Kier alpha value is -2.39. The van der Waals surface area contributed by atoms with E-state index in [2.05, 4.69) is 0 Å². The molecule has 1 aromatic rings. The molecule has 0 aliphatic rings. The van der Waals surface area contributed by atoms with Gasteiger partial charge in [-0.15, -0.1) is 0 Å². The largest absolute Gasteiger partial charge is 0.345 e. The van der Waals surface area contributed by atoms with Crippen molar-refractivity contribution in [1.82, 2.24) is 10.8 Å². The Kier molecular flexibility index (Phi) is 5.20. The van der Waals surface area contributed by atoms with Gasteiger partial charge in [-0.3, -0.25) is 14.9 Å². The first-order chi connectivity index (χ1) is 8.22. The van der Waals surface area contributed by atoms with E-state index in [1.54, 1.807) is 6.07 Å². The van der Waals surface area contributed by atoms with E-state index in [0.717, 1.165) is 5.56 Å². The second-order valence-electron chi connectivity index (χ2n) is 3.09. The van der Waals surface area contributed by atoms with Crippen molar-refractivity contribution in [3.63, 3.8) is 0 Å². The molecule has 3 amide bonds.